The fourth-order valence-electron chi connectivity index (χ4n) is 6.95. The third-order valence-corrected chi connectivity index (χ3v) is 9.38. The van der Waals surface area contributed by atoms with Crippen molar-refractivity contribution in [1.29, 1.82) is 5.26 Å². The molecular weight excluding hydrogens is 580 g/mol. The lowest BCUT2D eigenvalue weighted by molar-refractivity contribution is 0.0144. The normalized spacial score (nSPS) is 24.9. The lowest BCUT2D eigenvalue weighted by Gasteiger charge is -2.42. The standard InChI is InChI=1S/C33H47F2N7O3/c1-22-25(29(34)35)10-6-12-28(22)40-16-8-11-26-27(20-40)37-31(44-21-24-9-7-15-39(24)5)38-30(26)41-17-18-42(23(19-41)13-14-36)32(43)45-33(2,3)4/h6,10,23-24,28-29H,7-9,11-13,15-21H2,1-5H3/t23?,24-,28?/m0/s1. The highest BCUT2D eigenvalue weighted by atomic mass is 19.3. The lowest BCUT2D eigenvalue weighted by atomic mass is 9.92. The number of rotatable bonds is 7. The number of fused-ring (bicyclic) bond motifs is 1. The number of alkyl halides is 2. The van der Waals surface area contributed by atoms with Gasteiger partial charge in [-0.15, -0.1) is 0 Å². The number of piperazine rings is 1. The van der Waals surface area contributed by atoms with Crippen LogP contribution in [0.25, 0.3) is 0 Å². The van der Waals surface area contributed by atoms with Gasteiger partial charge in [0.25, 0.3) is 6.43 Å². The highest BCUT2D eigenvalue weighted by molar-refractivity contribution is 5.69. The molecule has 246 valence electrons. The van der Waals surface area contributed by atoms with Crippen molar-refractivity contribution in [2.75, 3.05) is 51.3 Å². The summed E-state index contributed by atoms with van der Waals surface area (Å²) < 4.78 is 39.5. The predicted octanol–water partition coefficient (Wildman–Crippen LogP) is 4.95. The Labute approximate surface area is 265 Å². The van der Waals surface area contributed by atoms with E-state index < -0.39 is 18.1 Å². The van der Waals surface area contributed by atoms with Gasteiger partial charge in [-0.3, -0.25) is 4.90 Å². The number of amides is 1. The van der Waals surface area contributed by atoms with E-state index in [2.05, 4.69) is 27.8 Å². The van der Waals surface area contributed by atoms with Crippen LogP contribution in [0.2, 0.25) is 0 Å². The number of aromatic nitrogens is 2. The van der Waals surface area contributed by atoms with E-state index in [0.29, 0.717) is 56.8 Å². The molecule has 2 unspecified atom stereocenters. The van der Waals surface area contributed by atoms with Gasteiger partial charge in [0.05, 0.1) is 24.2 Å². The van der Waals surface area contributed by atoms with E-state index in [4.69, 9.17) is 19.4 Å². The Balaban J connectivity index is 1.45. The predicted molar refractivity (Wildman–Crippen MR) is 167 cm³/mol. The van der Waals surface area contributed by atoms with E-state index >= 15 is 0 Å². The third kappa shape index (κ3) is 7.75. The number of anilines is 1. The lowest BCUT2D eigenvalue weighted by Crippen LogP contribution is -2.56. The van der Waals surface area contributed by atoms with Crippen LogP contribution < -0.4 is 9.64 Å². The van der Waals surface area contributed by atoms with Crippen LogP contribution in [-0.4, -0.2) is 107 Å². The molecule has 10 nitrogen and oxygen atoms in total. The topological polar surface area (TPSA) is 98.1 Å². The van der Waals surface area contributed by atoms with Gasteiger partial charge in [0, 0.05) is 49.4 Å². The van der Waals surface area contributed by atoms with Gasteiger partial charge in [-0.1, -0.05) is 12.2 Å². The first-order valence-corrected chi connectivity index (χ1v) is 16.2. The molecule has 5 rings (SSSR count). The van der Waals surface area contributed by atoms with Crippen molar-refractivity contribution in [2.24, 2.45) is 0 Å². The Morgan fingerprint density at radius 3 is 2.64 bits per heavy atom. The zero-order valence-electron chi connectivity index (χ0n) is 27.3. The maximum atomic E-state index is 13.8. The maximum Gasteiger partial charge on any atom is 0.410 e. The van der Waals surface area contributed by atoms with Crippen LogP contribution >= 0.6 is 0 Å². The van der Waals surface area contributed by atoms with Crippen molar-refractivity contribution in [1.82, 2.24) is 24.7 Å². The minimum atomic E-state index is -2.51. The van der Waals surface area contributed by atoms with E-state index in [1.54, 1.807) is 11.0 Å². The Morgan fingerprint density at radius 2 is 1.96 bits per heavy atom. The monoisotopic (exact) mass is 627 g/mol. The summed E-state index contributed by atoms with van der Waals surface area (Å²) in [6.07, 6.45) is 5.06. The number of carbonyl (C=O) groups excluding carboxylic acids is 1. The molecule has 0 radical (unpaired) electrons. The van der Waals surface area contributed by atoms with Gasteiger partial charge in [-0.2, -0.15) is 15.2 Å². The van der Waals surface area contributed by atoms with Crippen LogP contribution in [0.3, 0.4) is 0 Å². The second kappa shape index (κ2) is 14.0. The summed E-state index contributed by atoms with van der Waals surface area (Å²) >= 11 is 0. The molecule has 3 atom stereocenters. The molecule has 0 spiro atoms. The summed E-state index contributed by atoms with van der Waals surface area (Å²) in [6.45, 7) is 11.4. The summed E-state index contributed by atoms with van der Waals surface area (Å²) in [6, 6.07) is 2.35. The van der Waals surface area contributed by atoms with Crippen LogP contribution in [0.5, 0.6) is 6.01 Å². The van der Waals surface area contributed by atoms with Crippen molar-refractivity contribution >= 4 is 11.9 Å². The summed E-state index contributed by atoms with van der Waals surface area (Å²) in [4.78, 5) is 31.3. The van der Waals surface area contributed by atoms with Crippen LogP contribution in [0.4, 0.5) is 19.4 Å². The molecule has 4 aliphatic rings. The number of halogens is 2. The smallest absolute Gasteiger partial charge is 0.410 e. The number of hydrogen-bond donors (Lipinski definition) is 0. The molecule has 1 aromatic rings. The van der Waals surface area contributed by atoms with E-state index in [0.717, 1.165) is 55.8 Å². The van der Waals surface area contributed by atoms with E-state index in [1.165, 1.54) is 0 Å². The van der Waals surface area contributed by atoms with Crippen molar-refractivity contribution in [3.8, 4) is 12.1 Å². The Hall–Kier alpha value is -3.30. The summed E-state index contributed by atoms with van der Waals surface area (Å²) in [7, 11) is 2.10. The SMILES string of the molecule is CC1=C(C(F)F)C=CCC1N1CCCc2c(nc(OC[C@@H]3CCCN3C)nc2N2CCN(C(=O)OC(C)(C)C)C(CC#N)C2)C1. The third-order valence-electron chi connectivity index (χ3n) is 9.38. The molecule has 2 fully saturated rings. The summed E-state index contributed by atoms with van der Waals surface area (Å²) in [5.74, 6) is 0.771. The fourth-order valence-corrected chi connectivity index (χ4v) is 6.95. The molecule has 1 aliphatic carbocycles. The molecule has 0 N–H and O–H groups in total. The zero-order chi connectivity index (χ0) is 32.3. The van der Waals surface area contributed by atoms with Gasteiger partial charge in [0.2, 0.25) is 0 Å². The molecule has 1 amide bonds. The largest absolute Gasteiger partial charge is 0.462 e. The maximum absolute atomic E-state index is 13.8. The highest BCUT2D eigenvalue weighted by Gasteiger charge is 2.36. The first-order valence-electron chi connectivity index (χ1n) is 16.2. The van der Waals surface area contributed by atoms with E-state index in [9.17, 15) is 18.8 Å². The van der Waals surface area contributed by atoms with Gasteiger partial charge in [0.15, 0.2) is 0 Å². The zero-order valence-corrected chi connectivity index (χ0v) is 27.3. The van der Waals surface area contributed by atoms with Crippen molar-refractivity contribution < 1.29 is 23.0 Å². The van der Waals surface area contributed by atoms with Crippen LogP contribution in [0.1, 0.15) is 71.1 Å². The van der Waals surface area contributed by atoms with Gasteiger partial charge < -0.3 is 24.2 Å². The molecule has 0 bridgehead atoms. The van der Waals surface area contributed by atoms with E-state index in [1.807, 2.05) is 33.8 Å². The molecule has 0 aromatic carbocycles. The van der Waals surface area contributed by atoms with Crippen LogP contribution in [-0.2, 0) is 17.7 Å². The Bertz CT molecular complexity index is 1340. The number of nitriles is 1. The number of likely N-dealkylation sites (N-methyl/N-ethyl adjacent to an activating group) is 1. The summed E-state index contributed by atoms with van der Waals surface area (Å²) in [5, 5.41) is 9.65. The number of ether oxygens (including phenoxy) is 2. The molecule has 0 saturated carbocycles. The van der Waals surface area contributed by atoms with Crippen molar-refractivity contribution in [3.05, 3.63) is 34.6 Å². The Kier molecular flexibility index (Phi) is 10.3. The van der Waals surface area contributed by atoms with Gasteiger partial charge >= 0.3 is 12.1 Å². The molecule has 45 heavy (non-hydrogen) atoms. The minimum absolute atomic E-state index is 0.107. The number of allylic oxidation sites excluding steroid dienone is 2. The second-order valence-electron chi connectivity index (χ2n) is 13.6. The number of likely N-dealkylation sites (tertiary alicyclic amines) is 1. The van der Waals surface area contributed by atoms with Crippen LogP contribution in [0, 0.1) is 11.3 Å². The quantitative estimate of drug-likeness (QED) is 0.416. The van der Waals surface area contributed by atoms with E-state index in [-0.39, 0.29) is 24.1 Å². The van der Waals surface area contributed by atoms with Gasteiger partial charge in [0.1, 0.15) is 18.0 Å². The second-order valence-corrected chi connectivity index (χ2v) is 13.6. The summed E-state index contributed by atoms with van der Waals surface area (Å²) in [5.41, 5.74) is 2.04. The molecule has 2 saturated heterocycles. The van der Waals surface area contributed by atoms with Crippen molar-refractivity contribution in [2.45, 2.75) is 103 Å². The average Bonchev–Trinajstić information content (AvgIpc) is 3.27. The number of hydrogen-bond acceptors (Lipinski definition) is 9. The molecule has 4 heterocycles. The van der Waals surface area contributed by atoms with Crippen molar-refractivity contribution in [3.63, 3.8) is 0 Å². The minimum Gasteiger partial charge on any atom is -0.462 e. The molecule has 1 aromatic heterocycles. The first kappa shape index (κ1) is 33.1. The van der Waals surface area contributed by atoms with Gasteiger partial charge in [-0.25, -0.2) is 13.6 Å². The van der Waals surface area contributed by atoms with Crippen LogP contribution in [0.15, 0.2) is 23.3 Å². The average molecular weight is 628 g/mol. The highest BCUT2D eigenvalue weighted by Crippen LogP contribution is 2.34. The fraction of sp³-hybridized carbons (Fsp3) is 0.697. The number of carbonyl (C=O) groups is 1. The number of nitrogens with zero attached hydrogens (tertiary/aromatic N) is 7. The molecular formula is C33H47F2N7O3. The Morgan fingerprint density at radius 1 is 1.16 bits per heavy atom. The molecule has 12 heteroatoms. The van der Waals surface area contributed by atoms with Gasteiger partial charge in [-0.05, 0) is 85.5 Å². The molecule has 3 aliphatic heterocycles. The first-order chi connectivity index (χ1) is 21.4.